The van der Waals surface area contributed by atoms with Crippen LogP contribution >= 0.6 is 12.2 Å². The van der Waals surface area contributed by atoms with Crippen LogP contribution in [0.15, 0.2) is 0 Å². The minimum Gasteiger partial charge on any atom is -0.394 e. The van der Waals surface area contributed by atoms with Gasteiger partial charge in [0.05, 0.1) is 6.61 Å². The predicted octanol–water partition coefficient (Wildman–Crippen LogP) is -3.31. The Kier molecular flexibility index (Phi) is 4.32. The monoisotopic (exact) mass is 304 g/mol. The second-order valence-corrected chi connectivity index (χ2v) is 4.36. The van der Waals surface area contributed by atoms with Gasteiger partial charge in [0, 0.05) is 0 Å². The van der Waals surface area contributed by atoms with Crippen LogP contribution in [0.25, 0.3) is 5.78 Å². The quantitative estimate of drug-likeness (QED) is 0.307. The van der Waals surface area contributed by atoms with Gasteiger partial charge in [0.15, 0.2) is 0 Å². The van der Waals surface area contributed by atoms with Crippen molar-refractivity contribution in [3.05, 3.63) is 10.6 Å². The number of aliphatic hydroxyl groups excluding tert-OH is 5. The summed E-state index contributed by atoms with van der Waals surface area (Å²) in [6, 6.07) is 0. The molecule has 0 saturated carbocycles. The third-order valence-corrected chi connectivity index (χ3v) is 2.86. The number of fused-ring (bicyclic) bond motifs is 1. The summed E-state index contributed by atoms with van der Waals surface area (Å²) in [5.41, 5.74) is 0. The summed E-state index contributed by atoms with van der Waals surface area (Å²) in [6.07, 6.45) is -6.96. The van der Waals surface area contributed by atoms with E-state index < -0.39 is 31.0 Å². The number of aromatic amines is 1. The molecule has 0 aliphatic heterocycles. The minimum atomic E-state index is -1.82. The highest BCUT2D eigenvalue weighted by Crippen LogP contribution is 2.16. The molecule has 4 unspecified atom stereocenters. The molecule has 11 nitrogen and oxygen atoms in total. The molecule has 20 heavy (non-hydrogen) atoms. The second-order valence-electron chi connectivity index (χ2n) is 3.97. The lowest BCUT2D eigenvalue weighted by Crippen LogP contribution is -2.43. The Morgan fingerprint density at radius 3 is 2.50 bits per heavy atom. The molecule has 0 aliphatic carbocycles. The molecule has 0 radical (unpaired) electrons. The molecular formula is C8H12N6O5S. The van der Waals surface area contributed by atoms with E-state index in [1.54, 1.807) is 0 Å². The van der Waals surface area contributed by atoms with Gasteiger partial charge in [-0.15, -0.1) is 20.4 Å². The Balaban J connectivity index is 2.28. The van der Waals surface area contributed by atoms with Crippen LogP contribution in [0.1, 0.15) is 11.9 Å². The number of nitrogens with one attached hydrogen (secondary N) is 1. The van der Waals surface area contributed by atoms with Gasteiger partial charge in [-0.25, -0.2) is 5.10 Å². The SMILES string of the molecule is OCC(O)C(O)C(O)C(O)c1nnc2n[nH]c(=S)n2n1. The van der Waals surface area contributed by atoms with Crippen molar-refractivity contribution in [3.8, 4) is 0 Å². The fourth-order valence-corrected chi connectivity index (χ4v) is 1.62. The van der Waals surface area contributed by atoms with Crippen molar-refractivity contribution in [1.82, 2.24) is 30.0 Å². The van der Waals surface area contributed by atoms with Crippen LogP contribution in [-0.2, 0) is 0 Å². The van der Waals surface area contributed by atoms with Crippen molar-refractivity contribution in [1.29, 1.82) is 0 Å². The van der Waals surface area contributed by atoms with Crippen molar-refractivity contribution in [3.63, 3.8) is 0 Å². The van der Waals surface area contributed by atoms with Crippen LogP contribution in [0.5, 0.6) is 0 Å². The third-order valence-electron chi connectivity index (χ3n) is 2.60. The van der Waals surface area contributed by atoms with E-state index in [-0.39, 0.29) is 16.4 Å². The molecule has 2 heterocycles. The van der Waals surface area contributed by atoms with Crippen molar-refractivity contribution >= 4 is 18.0 Å². The topological polar surface area (TPSA) is 173 Å². The number of hydrogen-bond donors (Lipinski definition) is 6. The van der Waals surface area contributed by atoms with E-state index in [0.29, 0.717) is 0 Å². The lowest BCUT2D eigenvalue weighted by Gasteiger charge is -2.24. The fourth-order valence-electron chi connectivity index (χ4n) is 1.45. The number of aromatic nitrogens is 6. The summed E-state index contributed by atoms with van der Waals surface area (Å²) >= 11 is 4.86. The molecule has 0 spiro atoms. The van der Waals surface area contributed by atoms with Crippen molar-refractivity contribution < 1.29 is 25.5 Å². The Labute approximate surface area is 116 Å². The number of nitrogens with zero attached hydrogens (tertiary/aromatic N) is 5. The molecule has 0 fully saturated rings. The summed E-state index contributed by atoms with van der Waals surface area (Å²) in [5.74, 6) is -0.261. The smallest absolute Gasteiger partial charge is 0.289 e. The zero-order valence-corrected chi connectivity index (χ0v) is 10.7. The van der Waals surface area contributed by atoms with Crippen LogP contribution < -0.4 is 0 Å². The van der Waals surface area contributed by atoms with Gasteiger partial charge < -0.3 is 25.5 Å². The molecule has 2 aromatic rings. The molecular weight excluding hydrogens is 292 g/mol. The van der Waals surface area contributed by atoms with E-state index >= 15 is 0 Å². The highest BCUT2D eigenvalue weighted by atomic mass is 32.1. The van der Waals surface area contributed by atoms with Crippen LogP contribution in [0.2, 0.25) is 0 Å². The molecule has 6 N–H and O–H groups in total. The minimum absolute atomic E-state index is 0.0661. The number of hydrogen-bond acceptors (Lipinski definition) is 10. The van der Waals surface area contributed by atoms with Gasteiger partial charge in [0.1, 0.15) is 24.4 Å². The lowest BCUT2D eigenvalue weighted by molar-refractivity contribution is -0.118. The molecule has 2 rings (SSSR count). The van der Waals surface area contributed by atoms with E-state index in [1.807, 2.05) is 0 Å². The molecule has 0 bridgehead atoms. The molecule has 2 aromatic heterocycles. The van der Waals surface area contributed by atoms with Gasteiger partial charge in [-0.05, 0) is 12.2 Å². The van der Waals surface area contributed by atoms with E-state index in [1.165, 1.54) is 0 Å². The van der Waals surface area contributed by atoms with Crippen molar-refractivity contribution in [2.45, 2.75) is 24.4 Å². The van der Waals surface area contributed by atoms with E-state index in [4.69, 9.17) is 17.3 Å². The third kappa shape index (κ3) is 2.65. The van der Waals surface area contributed by atoms with Gasteiger partial charge in [-0.2, -0.15) is 4.52 Å². The fraction of sp³-hybridized carbons (Fsp3) is 0.625. The van der Waals surface area contributed by atoms with Crippen LogP contribution in [0.3, 0.4) is 0 Å². The number of H-pyrrole nitrogens is 1. The van der Waals surface area contributed by atoms with E-state index in [9.17, 15) is 20.4 Å². The standard InChI is InChI=1S/C8H12N6O5S/c15-1-2(16)3(17)4(18)5(19)6-9-10-7-11-12-8(20)14(7)13-6/h2-5,15-19H,1H2,(H,12,20). The van der Waals surface area contributed by atoms with Crippen molar-refractivity contribution in [2.75, 3.05) is 6.61 Å². The Hall–Kier alpha value is -1.57. The first kappa shape index (κ1) is 14.8. The molecule has 0 saturated heterocycles. The first-order valence-electron chi connectivity index (χ1n) is 5.47. The zero-order valence-electron chi connectivity index (χ0n) is 9.90. The first-order chi connectivity index (χ1) is 9.45. The molecule has 0 amide bonds. The average Bonchev–Trinajstić information content (AvgIpc) is 2.85. The van der Waals surface area contributed by atoms with Crippen LogP contribution in [-0.4, -0.2) is 80.5 Å². The lowest BCUT2D eigenvalue weighted by atomic mass is 10.0. The Morgan fingerprint density at radius 1 is 1.15 bits per heavy atom. The molecule has 12 heteroatoms. The highest BCUT2D eigenvalue weighted by Gasteiger charge is 2.33. The highest BCUT2D eigenvalue weighted by molar-refractivity contribution is 7.71. The second kappa shape index (κ2) is 5.82. The largest absolute Gasteiger partial charge is 0.394 e. The first-order valence-corrected chi connectivity index (χ1v) is 5.87. The van der Waals surface area contributed by atoms with Gasteiger partial charge in [0.2, 0.25) is 10.6 Å². The Bertz CT molecular complexity index is 646. The average molecular weight is 304 g/mol. The number of rotatable bonds is 5. The van der Waals surface area contributed by atoms with Gasteiger partial charge in [0.25, 0.3) is 5.78 Å². The normalized spacial score (nSPS) is 17.9. The van der Waals surface area contributed by atoms with E-state index in [2.05, 4.69) is 25.5 Å². The van der Waals surface area contributed by atoms with Gasteiger partial charge in [-0.3, -0.25) is 0 Å². The maximum Gasteiger partial charge on any atom is 0.289 e. The Morgan fingerprint density at radius 2 is 1.85 bits per heavy atom. The molecule has 0 aromatic carbocycles. The maximum absolute atomic E-state index is 9.85. The van der Waals surface area contributed by atoms with Crippen molar-refractivity contribution in [2.24, 2.45) is 0 Å². The summed E-state index contributed by atoms with van der Waals surface area (Å²) in [5, 5.41) is 64.0. The summed E-state index contributed by atoms with van der Waals surface area (Å²) in [7, 11) is 0. The molecule has 0 aliphatic rings. The predicted molar refractivity (Wildman–Crippen MR) is 63.8 cm³/mol. The van der Waals surface area contributed by atoms with Gasteiger partial charge >= 0.3 is 0 Å². The molecule has 4 atom stereocenters. The summed E-state index contributed by atoms with van der Waals surface area (Å²) in [6.45, 7) is -0.782. The summed E-state index contributed by atoms with van der Waals surface area (Å²) < 4.78 is 1.18. The summed E-state index contributed by atoms with van der Waals surface area (Å²) in [4.78, 5) is 0. The van der Waals surface area contributed by atoms with Crippen LogP contribution in [0, 0.1) is 4.77 Å². The number of aliphatic hydroxyl groups is 5. The van der Waals surface area contributed by atoms with Gasteiger partial charge in [-0.1, -0.05) is 0 Å². The maximum atomic E-state index is 9.85. The van der Waals surface area contributed by atoms with Crippen LogP contribution in [0.4, 0.5) is 0 Å². The zero-order chi connectivity index (χ0) is 14.9. The van der Waals surface area contributed by atoms with E-state index in [0.717, 1.165) is 4.52 Å². The molecule has 110 valence electrons.